The highest BCUT2D eigenvalue weighted by Crippen LogP contribution is 2.20. The van der Waals surface area contributed by atoms with Crippen LogP contribution in [-0.4, -0.2) is 22.6 Å². The van der Waals surface area contributed by atoms with E-state index in [9.17, 15) is 14.0 Å². The molecule has 0 saturated heterocycles. The summed E-state index contributed by atoms with van der Waals surface area (Å²) in [6.07, 6.45) is 1.48. The summed E-state index contributed by atoms with van der Waals surface area (Å²) in [4.78, 5) is 24.1. The standard InChI is InChI=1S/C23H23FN4O2/c1-15-13-19(17(3)28(15)21-11-9-20(24)10-12-21)14-25-27-23(30)22(29)26-16(2)18-7-5-4-6-8-18/h4-14,16H,1-3H3,(H,26,29)(H,27,30)/b25-14-/t16-/m0/s1. The molecule has 30 heavy (non-hydrogen) atoms. The van der Waals surface area contributed by atoms with Gasteiger partial charge in [-0.25, -0.2) is 9.82 Å². The van der Waals surface area contributed by atoms with Gasteiger partial charge < -0.3 is 9.88 Å². The minimum atomic E-state index is -0.846. The molecule has 1 heterocycles. The maximum atomic E-state index is 13.2. The van der Waals surface area contributed by atoms with Crippen LogP contribution in [-0.2, 0) is 9.59 Å². The number of halogens is 1. The first kappa shape index (κ1) is 21.0. The van der Waals surface area contributed by atoms with Gasteiger partial charge in [-0.2, -0.15) is 5.10 Å². The third-order valence-electron chi connectivity index (χ3n) is 4.78. The Labute approximate surface area is 174 Å². The fourth-order valence-corrected chi connectivity index (χ4v) is 3.20. The van der Waals surface area contributed by atoms with Crippen molar-refractivity contribution >= 4 is 18.0 Å². The summed E-state index contributed by atoms with van der Waals surface area (Å²) in [6.45, 7) is 5.62. The van der Waals surface area contributed by atoms with Crippen LogP contribution in [0, 0.1) is 19.7 Å². The highest BCUT2D eigenvalue weighted by atomic mass is 19.1. The van der Waals surface area contributed by atoms with Gasteiger partial charge >= 0.3 is 11.8 Å². The van der Waals surface area contributed by atoms with E-state index >= 15 is 0 Å². The Morgan fingerprint density at radius 3 is 2.37 bits per heavy atom. The number of rotatable bonds is 5. The second-order valence-electron chi connectivity index (χ2n) is 6.94. The van der Waals surface area contributed by atoms with Crippen LogP contribution in [0.5, 0.6) is 0 Å². The van der Waals surface area contributed by atoms with E-state index in [2.05, 4.69) is 15.8 Å². The summed E-state index contributed by atoms with van der Waals surface area (Å²) in [5.74, 6) is -1.91. The molecule has 0 fully saturated rings. The Bertz CT molecular complexity index is 1070. The van der Waals surface area contributed by atoms with Crippen LogP contribution in [0.4, 0.5) is 4.39 Å². The maximum absolute atomic E-state index is 13.2. The Kier molecular flexibility index (Phi) is 6.41. The lowest BCUT2D eigenvalue weighted by Gasteiger charge is -2.13. The normalized spacial score (nSPS) is 12.0. The molecule has 154 valence electrons. The van der Waals surface area contributed by atoms with E-state index in [4.69, 9.17) is 0 Å². The highest BCUT2D eigenvalue weighted by Gasteiger charge is 2.16. The number of benzene rings is 2. The number of carbonyl (C=O) groups is 2. The molecule has 0 unspecified atom stereocenters. The van der Waals surface area contributed by atoms with Crippen molar-refractivity contribution < 1.29 is 14.0 Å². The van der Waals surface area contributed by atoms with Crippen molar-refractivity contribution in [3.63, 3.8) is 0 Å². The van der Waals surface area contributed by atoms with Crippen LogP contribution in [0.1, 0.15) is 35.5 Å². The molecule has 2 N–H and O–H groups in total. The third-order valence-corrected chi connectivity index (χ3v) is 4.78. The van der Waals surface area contributed by atoms with E-state index < -0.39 is 11.8 Å². The largest absolute Gasteiger partial charge is 0.341 e. The fraction of sp³-hybridized carbons (Fsp3) is 0.174. The first-order chi connectivity index (χ1) is 14.4. The summed E-state index contributed by atoms with van der Waals surface area (Å²) >= 11 is 0. The number of carbonyl (C=O) groups excluding carboxylic acids is 2. The predicted molar refractivity (Wildman–Crippen MR) is 114 cm³/mol. The number of aryl methyl sites for hydroxylation is 1. The molecular weight excluding hydrogens is 383 g/mol. The monoisotopic (exact) mass is 406 g/mol. The summed E-state index contributed by atoms with van der Waals surface area (Å²) in [5, 5.41) is 6.54. The maximum Gasteiger partial charge on any atom is 0.329 e. The van der Waals surface area contributed by atoms with Crippen molar-refractivity contribution in [1.29, 1.82) is 0 Å². The van der Waals surface area contributed by atoms with Crippen molar-refractivity contribution in [2.45, 2.75) is 26.8 Å². The number of aromatic nitrogens is 1. The van der Waals surface area contributed by atoms with E-state index in [0.29, 0.717) is 0 Å². The summed E-state index contributed by atoms with van der Waals surface area (Å²) < 4.78 is 15.1. The molecule has 7 heteroatoms. The fourth-order valence-electron chi connectivity index (χ4n) is 3.20. The van der Waals surface area contributed by atoms with Crippen molar-refractivity contribution in [2.24, 2.45) is 5.10 Å². The van der Waals surface area contributed by atoms with E-state index in [0.717, 1.165) is 28.2 Å². The van der Waals surface area contributed by atoms with Gasteiger partial charge in [0.05, 0.1) is 12.3 Å². The van der Waals surface area contributed by atoms with E-state index in [1.807, 2.05) is 54.8 Å². The van der Waals surface area contributed by atoms with E-state index in [-0.39, 0.29) is 11.9 Å². The zero-order chi connectivity index (χ0) is 21.7. The second-order valence-corrected chi connectivity index (χ2v) is 6.94. The predicted octanol–water partition coefficient (Wildman–Crippen LogP) is 3.56. The van der Waals surface area contributed by atoms with Gasteiger partial charge in [0.25, 0.3) is 0 Å². The number of nitrogens with zero attached hydrogens (tertiary/aromatic N) is 2. The second kappa shape index (κ2) is 9.17. The number of hydrogen-bond donors (Lipinski definition) is 2. The van der Waals surface area contributed by atoms with Crippen LogP contribution in [0.3, 0.4) is 0 Å². The summed E-state index contributed by atoms with van der Waals surface area (Å²) in [7, 11) is 0. The van der Waals surface area contributed by atoms with E-state index in [1.165, 1.54) is 18.3 Å². The average molecular weight is 406 g/mol. The van der Waals surface area contributed by atoms with Crippen molar-refractivity contribution in [2.75, 3.05) is 0 Å². The Balaban J connectivity index is 1.63. The molecule has 0 spiro atoms. The van der Waals surface area contributed by atoms with Gasteiger partial charge in [-0.15, -0.1) is 0 Å². The van der Waals surface area contributed by atoms with Crippen LogP contribution in [0.15, 0.2) is 65.8 Å². The van der Waals surface area contributed by atoms with Crippen molar-refractivity contribution in [1.82, 2.24) is 15.3 Å². The topological polar surface area (TPSA) is 75.5 Å². The lowest BCUT2D eigenvalue weighted by molar-refractivity contribution is -0.139. The number of hydrazone groups is 1. The molecule has 0 radical (unpaired) electrons. The number of amides is 2. The van der Waals surface area contributed by atoms with Crippen molar-refractivity contribution in [3.05, 3.63) is 89.0 Å². The Hall–Kier alpha value is -3.74. The first-order valence-electron chi connectivity index (χ1n) is 9.50. The molecule has 1 aromatic heterocycles. The number of hydrogen-bond acceptors (Lipinski definition) is 3. The van der Waals surface area contributed by atoms with Gasteiger partial charge in [0.2, 0.25) is 0 Å². The van der Waals surface area contributed by atoms with Crippen LogP contribution in [0.2, 0.25) is 0 Å². The summed E-state index contributed by atoms with van der Waals surface area (Å²) in [6, 6.07) is 17.1. The van der Waals surface area contributed by atoms with E-state index in [1.54, 1.807) is 19.1 Å². The molecule has 1 atom stereocenters. The van der Waals surface area contributed by atoms with Crippen LogP contribution in [0.25, 0.3) is 5.69 Å². The SMILES string of the molecule is Cc1cc(/C=N\NC(=O)C(=O)N[C@@H](C)c2ccccc2)c(C)n1-c1ccc(F)cc1. The highest BCUT2D eigenvalue weighted by molar-refractivity contribution is 6.35. The van der Waals surface area contributed by atoms with Gasteiger partial charge in [-0.1, -0.05) is 30.3 Å². The Morgan fingerprint density at radius 1 is 1.03 bits per heavy atom. The molecule has 0 bridgehead atoms. The molecule has 0 aliphatic rings. The lowest BCUT2D eigenvalue weighted by atomic mass is 10.1. The first-order valence-corrected chi connectivity index (χ1v) is 9.50. The minimum absolute atomic E-state index is 0.300. The third kappa shape index (κ3) is 4.81. The van der Waals surface area contributed by atoms with Crippen LogP contribution < -0.4 is 10.7 Å². The van der Waals surface area contributed by atoms with Gasteiger partial charge in [0.15, 0.2) is 0 Å². The molecule has 6 nitrogen and oxygen atoms in total. The zero-order valence-corrected chi connectivity index (χ0v) is 17.0. The van der Waals surface area contributed by atoms with Gasteiger partial charge in [0, 0.05) is 22.6 Å². The average Bonchev–Trinajstić information content (AvgIpc) is 3.02. The van der Waals surface area contributed by atoms with Crippen molar-refractivity contribution in [3.8, 4) is 5.69 Å². The van der Waals surface area contributed by atoms with Gasteiger partial charge in [-0.05, 0) is 56.7 Å². The van der Waals surface area contributed by atoms with Gasteiger partial charge in [-0.3, -0.25) is 9.59 Å². The molecule has 0 saturated carbocycles. The smallest absolute Gasteiger partial charge is 0.329 e. The number of nitrogens with one attached hydrogen (secondary N) is 2. The Morgan fingerprint density at radius 2 is 1.70 bits per heavy atom. The molecule has 0 aliphatic carbocycles. The van der Waals surface area contributed by atoms with Crippen LogP contribution >= 0.6 is 0 Å². The lowest BCUT2D eigenvalue weighted by Crippen LogP contribution is -2.39. The zero-order valence-electron chi connectivity index (χ0n) is 17.0. The molecule has 2 aromatic carbocycles. The molecular formula is C23H23FN4O2. The van der Waals surface area contributed by atoms with Gasteiger partial charge in [0.1, 0.15) is 5.82 Å². The molecule has 0 aliphatic heterocycles. The summed E-state index contributed by atoms with van der Waals surface area (Å²) in [5.41, 5.74) is 6.55. The molecule has 3 aromatic rings. The molecule has 2 amide bonds. The quantitative estimate of drug-likeness (QED) is 0.386. The molecule has 3 rings (SSSR count). The minimum Gasteiger partial charge on any atom is -0.341 e.